The van der Waals surface area contributed by atoms with Crippen molar-refractivity contribution in [2.24, 2.45) is 0 Å². The molecule has 0 atom stereocenters. The Morgan fingerprint density at radius 2 is 2.00 bits per heavy atom. The highest BCUT2D eigenvalue weighted by Crippen LogP contribution is 2.25. The summed E-state index contributed by atoms with van der Waals surface area (Å²) in [7, 11) is -2.11. The normalized spacial score (nSPS) is 11.5. The Kier molecular flexibility index (Phi) is 3.81. The summed E-state index contributed by atoms with van der Waals surface area (Å²) in [5, 5.41) is 0. The summed E-state index contributed by atoms with van der Waals surface area (Å²) in [6.07, 6.45) is 5.12. The fraction of sp³-hybridized carbons (Fsp3) is 0.333. The molecule has 0 bridgehead atoms. The second-order valence-corrected chi connectivity index (χ2v) is 5.96. The van der Waals surface area contributed by atoms with Crippen molar-refractivity contribution in [1.29, 1.82) is 0 Å². The first kappa shape index (κ1) is 13.6. The van der Waals surface area contributed by atoms with Gasteiger partial charge in [0.2, 0.25) is 10.0 Å². The molecule has 0 fully saturated rings. The molecule has 0 saturated carbocycles. The summed E-state index contributed by atoms with van der Waals surface area (Å²) in [5.74, 6) is 2.31. The van der Waals surface area contributed by atoms with Crippen LogP contribution in [0.15, 0.2) is 17.0 Å². The molecule has 0 aliphatic rings. The second-order valence-electron chi connectivity index (χ2n) is 3.94. The van der Waals surface area contributed by atoms with Crippen molar-refractivity contribution in [2.45, 2.75) is 18.7 Å². The van der Waals surface area contributed by atoms with Crippen LogP contribution < -0.4 is 5.73 Å². The zero-order valence-corrected chi connectivity index (χ0v) is 11.0. The van der Waals surface area contributed by atoms with Crippen molar-refractivity contribution in [1.82, 2.24) is 4.31 Å². The van der Waals surface area contributed by atoms with Crippen molar-refractivity contribution < 1.29 is 8.42 Å². The molecule has 0 aliphatic heterocycles. The van der Waals surface area contributed by atoms with Crippen molar-refractivity contribution in [3.8, 4) is 12.3 Å². The van der Waals surface area contributed by atoms with Gasteiger partial charge in [-0.15, -0.1) is 6.42 Å². The van der Waals surface area contributed by atoms with Gasteiger partial charge in [0, 0.05) is 12.7 Å². The summed E-state index contributed by atoms with van der Waals surface area (Å²) >= 11 is 0. The van der Waals surface area contributed by atoms with Crippen molar-refractivity contribution >= 4 is 15.7 Å². The molecular weight excluding hydrogens is 236 g/mol. The molecule has 5 heteroatoms. The van der Waals surface area contributed by atoms with E-state index in [1.165, 1.54) is 7.05 Å². The first-order valence-electron chi connectivity index (χ1n) is 5.07. The van der Waals surface area contributed by atoms with Gasteiger partial charge in [0.15, 0.2) is 0 Å². The lowest BCUT2D eigenvalue weighted by molar-refractivity contribution is 0.502. The quantitative estimate of drug-likeness (QED) is 0.648. The third kappa shape index (κ3) is 2.60. The maximum absolute atomic E-state index is 12.2. The minimum absolute atomic E-state index is 0.0373. The molecule has 0 spiro atoms. The number of nitrogens with zero attached hydrogens (tertiary/aromatic N) is 1. The molecule has 2 N–H and O–H groups in total. The van der Waals surface area contributed by atoms with Gasteiger partial charge in [-0.2, -0.15) is 4.31 Å². The van der Waals surface area contributed by atoms with Crippen LogP contribution in [0.3, 0.4) is 0 Å². The fourth-order valence-corrected chi connectivity index (χ4v) is 2.92. The van der Waals surface area contributed by atoms with Gasteiger partial charge >= 0.3 is 0 Å². The third-order valence-electron chi connectivity index (χ3n) is 2.55. The Morgan fingerprint density at radius 1 is 1.41 bits per heavy atom. The van der Waals surface area contributed by atoms with E-state index in [0.29, 0.717) is 11.3 Å². The maximum atomic E-state index is 12.2. The van der Waals surface area contributed by atoms with E-state index in [0.717, 1.165) is 9.87 Å². The smallest absolute Gasteiger partial charge is 0.244 e. The Morgan fingerprint density at radius 3 is 2.53 bits per heavy atom. The molecule has 92 valence electrons. The van der Waals surface area contributed by atoms with Crippen LogP contribution in [0, 0.1) is 26.2 Å². The molecule has 4 nitrogen and oxygen atoms in total. The molecule has 1 aromatic carbocycles. The van der Waals surface area contributed by atoms with E-state index in [4.69, 9.17) is 12.2 Å². The van der Waals surface area contributed by atoms with E-state index in [1.54, 1.807) is 26.0 Å². The number of hydrogen-bond donors (Lipinski definition) is 1. The minimum atomic E-state index is -3.57. The van der Waals surface area contributed by atoms with Gasteiger partial charge in [0.05, 0.1) is 11.4 Å². The standard InChI is InChI=1S/C12H16N2O2S/c1-5-6-14(4)17(15,16)12-8-9(2)7-11(13)10(12)3/h1,7-8H,6,13H2,2-4H3. The number of sulfonamides is 1. The molecule has 0 amide bonds. The summed E-state index contributed by atoms with van der Waals surface area (Å²) < 4.78 is 25.6. The number of nitrogen functional groups attached to an aromatic ring is 1. The predicted molar refractivity (Wildman–Crippen MR) is 69.0 cm³/mol. The Bertz CT molecular complexity index is 571. The number of aryl methyl sites for hydroxylation is 1. The molecule has 0 saturated heterocycles. The van der Waals surface area contributed by atoms with Crippen LogP contribution in [0.4, 0.5) is 5.69 Å². The summed E-state index contributed by atoms with van der Waals surface area (Å²) in [6.45, 7) is 3.52. The van der Waals surface area contributed by atoms with Gasteiger partial charge in [0.1, 0.15) is 0 Å². The van der Waals surface area contributed by atoms with Crippen LogP contribution in [0.2, 0.25) is 0 Å². The van der Waals surface area contributed by atoms with Crippen LogP contribution in [0.5, 0.6) is 0 Å². The number of nitrogens with two attached hydrogens (primary N) is 1. The fourth-order valence-electron chi connectivity index (χ4n) is 1.50. The van der Waals surface area contributed by atoms with Gasteiger partial charge in [-0.1, -0.05) is 5.92 Å². The molecular formula is C12H16N2O2S. The Labute approximate surface area is 102 Å². The van der Waals surface area contributed by atoms with Crippen molar-refractivity contribution in [3.63, 3.8) is 0 Å². The average molecular weight is 252 g/mol. The lowest BCUT2D eigenvalue weighted by Crippen LogP contribution is -2.28. The first-order valence-corrected chi connectivity index (χ1v) is 6.51. The zero-order chi connectivity index (χ0) is 13.2. The monoisotopic (exact) mass is 252 g/mol. The second kappa shape index (κ2) is 4.78. The van der Waals surface area contributed by atoms with E-state index in [1.807, 2.05) is 0 Å². The highest BCUT2D eigenvalue weighted by Gasteiger charge is 2.23. The zero-order valence-electron chi connectivity index (χ0n) is 10.2. The molecule has 1 rings (SSSR count). The van der Waals surface area contributed by atoms with Crippen LogP contribution in [0.25, 0.3) is 0 Å². The lowest BCUT2D eigenvalue weighted by Gasteiger charge is -2.17. The largest absolute Gasteiger partial charge is 0.398 e. The van der Waals surface area contributed by atoms with E-state index >= 15 is 0 Å². The van der Waals surface area contributed by atoms with Gasteiger partial charge in [-0.05, 0) is 37.1 Å². The average Bonchev–Trinajstić information content (AvgIpc) is 2.23. The highest BCUT2D eigenvalue weighted by molar-refractivity contribution is 7.89. The number of hydrogen-bond acceptors (Lipinski definition) is 3. The van der Waals surface area contributed by atoms with E-state index in [2.05, 4.69) is 5.92 Å². The van der Waals surface area contributed by atoms with E-state index < -0.39 is 10.0 Å². The lowest BCUT2D eigenvalue weighted by atomic mass is 10.1. The van der Waals surface area contributed by atoms with Crippen LogP contribution >= 0.6 is 0 Å². The van der Waals surface area contributed by atoms with Crippen molar-refractivity contribution in [2.75, 3.05) is 19.3 Å². The van der Waals surface area contributed by atoms with Crippen molar-refractivity contribution in [3.05, 3.63) is 23.3 Å². The molecule has 0 radical (unpaired) electrons. The molecule has 0 heterocycles. The predicted octanol–water partition coefficient (Wildman–Crippen LogP) is 1.14. The third-order valence-corrected chi connectivity index (χ3v) is 4.48. The SMILES string of the molecule is C#CCN(C)S(=O)(=O)c1cc(C)cc(N)c1C. The Balaban J connectivity index is 3.40. The molecule has 0 aliphatic carbocycles. The topological polar surface area (TPSA) is 63.4 Å². The van der Waals surface area contributed by atoms with Crippen LogP contribution in [0.1, 0.15) is 11.1 Å². The number of anilines is 1. The van der Waals surface area contributed by atoms with E-state index in [9.17, 15) is 8.42 Å². The van der Waals surface area contributed by atoms with Gasteiger partial charge in [-0.3, -0.25) is 0 Å². The van der Waals surface area contributed by atoms with Crippen LogP contribution in [-0.2, 0) is 10.0 Å². The summed E-state index contributed by atoms with van der Waals surface area (Å²) in [5.41, 5.74) is 7.60. The van der Waals surface area contributed by atoms with Gasteiger partial charge in [-0.25, -0.2) is 8.42 Å². The number of benzene rings is 1. The molecule has 17 heavy (non-hydrogen) atoms. The van der Waals surface area contributed by atoms with Gasteiger partial charge < -0.3 is 5.73 Å². The molecule has 1 aromatic rings. The minimum Gasteiger partial charge on any atom is -0.398 e. The number of terminal acetylenes is 1. The first-order chi connectivity index (χ1) is 7.80. The summed E-state index contributed by atoms with van der Waals surface area (Å²) in [6, 6.07) is 3.35. The highest BCUT2D eigenvalue weighted by atomic mass is 32.2. The Hall–Kier alpha value is -1.51. The molecule has 0 unspecified atom stereocenters. The van der Waals surface area contributed by atoms with E-state index in [-0.39, 0.29) is 11.4 Å². The van der Waals surface area contributed by atoms with Gasteiger partial charge in [0.25, 0.3) is 0 Å². The van der Waals surface area contributed by atoms with Crippen LogP contribution in [-0.4, -0.2) is 26.3 Å². The molecule has 0 aromatic heterocycles. The maximum Gasteiger partial charge on any atom is 0.244 e. The summed E-state index contributed by atoms with van der Waals surface area (Å²) in [4.78, 5) is 0.216. The number of rotatable bonds is 3.